The van der Waals surface area contributed by atoms with Crippen molar-refractivity contribution in [1.29, 1.82) is 0 Å². The van der Waals surface area contributed by atoms with Crippen molar-refractivity contribution in [2.45, 2.75) is 0 Å². The number of halogens is 2. The van der Waals surface area contributed by atoms with Gasteiger partial charge in [0.25, 0.3) is 0 Å². The normalized spacial score (nSPS) is 10.8. The molecule has 0 atom stereocenters. The van der Waals surface area contributed by atoms with Crippen molar-refractivity contribution in [2.24, 2.45) is 5.10 Å². The second-order valence-electron chi connectivity index (χ2n) is 5.76. The Hall–Kier alpha value is -3.62. The van der Waals surface area contributed by atoms with E-state index in [0.29, 0.717) is 23.1 Å². The first-order chi connectivity index (χ1) is 13.0. The fraction of sp³-hybridized carbons (Fsp3) is 0.111. The third-order valence-electron chi connectivity index (χ3n) is 3.46. The van der Waals surface area contributed by atoms with E-state index in [9.17, 15) is 8.78 Å². The number of aromatic nitrogens is 3. The molecule has 0 radical (unpaired) electrons. The zero-order valence-electron chi connectivity index (χ0n) is 14.7. The summed E-state index contributed by atoms with van der Waals surface area (Å²) in [5.41, 5.74) is 3.67. The summed E-state index contributed by atoms with van der Waals surface area (Å²) in [5, 5.41) is 7.02. The van der Waals surface area contributed by atoms with Gasteiger partial charge in [0.2, 0.25) is 0 Å². The van der Waals surface area contributed by atoms with E-state index in [1.165, 1.54) is 24.4 Å². The van der Waals surface area contributed by atoms with Gasteiger partial charge in [0.1, 0.15) is 11.6 Å². The van der Waals surface area contributed by atoms with E-state index in [0.717, 1.165) is 0 Å². The molecule has 0 aliphatic carbocycles. The van der Waals surface area contributed by atoms with Crippen LogP contribution in [0.25, 0.3) is 0 Å². The quantitative estimate of drug-likeness (QED) is 0.515. The predicted octanol–water partition coefficient (Wildman–Crippen LogP) is 2.82. The number of rotatable bonds is 6. The van der Waals surface area contributed by atoms with E-state index in [4.69, 9.17) is 0 Å². The molecule has 3 rings (SSSR count). The van der Waals surface area contributed by atoms with E-state index in [1.807, 2.05) is 14.1 Å². The van der Waals surface area contributed by atoms with Gasteiger partial charge in [-0.25, -0.2) is 19.2 Å². The van der Waals surface area contributed by atoms with Gasteiger partial charge in [0.05, 0.1) is 11.9 Å². The van der Waals surface area contributed by atoms with Gasteiger partial charge < -0.3 is 0 Å². The summed E-state index contributed by atoms with van der Waals surface area (Å²) in [6, 6.07) is 12.1. The molecule has 3 aromatic rings. The Morgan fingerprint density at radius 3 is 2.48 bits per heavy atom. The highest BCUT2D eigenvalue weighted by molar-refractivity contribution is 5.80. The Kier molecular flexibility index (Phi) is 5.50. The van der Waals surface area contributed by atoms with Crippen molar-refractivity contribution >= 4 is 29.7 Å². The third-order valence-corrected chi connectivity index (χ3v) is 3.46. The zero-order chi connectivity index (χ0) is 19.2. The van der Waals surface area contributed by atoms with Crippen LogP contribution in [-0.2, 0) is 0 Å². The van der Waals surface area contributed by atoms with Crippen molar-refractivity contribution in [3.05, 3.63) is 65.7 Å². The fourth-order valence-electron chi connectivity index (χ4n) is 2.12. The minimum Gasteiger partial charge on any atom is -0.299 e. The van der Waals surface area contributed by atoms with Crippen LogP contribution in [0.1, 0.15) is 5.56 Å². The standard InChI is InChI=1S/C18H17F2N7/c1-27(2)18-24-16(22-14-9-7-13(19)8-10-14)23-17(25-18)26-21-11-12-5-3-4-6-15(12)20/h3-11H,1-2H3,(H2,22,23,24,25,26)/p+1/b21-11+. The van der Waals surface area contributed by atoms with Gasteiger partial charge in [-0.1, -0.05) is 28.2 Å². The maximum atomic E-state index is 13.6. The van der Waals surface area contributed by atoms with Crippen molar-refractivity contribution < 1.29 is 13.8 Å². The molecular formula is C18H18F2N7+. The molecule has 0 aliphatic heterocycles. The molecule has 27 heavy (non-hydrogen) atoms. The van der Waals surface area contributed by atoms with Crippen LogP contribution in [0.3, 0.4) is 0 Å². The fourth-order valence-corrected chi connectivity index (χ4v) is 2.12. The lowest BCUT2D eigenvalue weighted by Crippen LogP contribution is -2.26. The Labute approximate surface area is 154 Å². The summed E-state index contributed by atoms with van der Waals surface area (Å²) in [6.45, 7) is 0. The third kappa shape index (κ3) is 4.94. The number of hydrazone groups is 1. The smallest absolute Gasteiger partial charge is 0.299 e. The van der Waals surface area contributed by atoms with Crippen LogP contribution in [0.15, 0.2) is 53.6 Å². The Bertz CT molecular complexity index is 943. The second-order valence-corrected chi connectivity index (χ2v) is 5.76. The molecule has 0 unspecified atom stereocenters. The summed E-state index contributed by atoms with van der Waals surface area (Å²) in [5.74, 6) is 0.390. The van der Waals surface area contributed by atoms with Gasteiger partial charge in [-0.2, -0.15) is 5.10 Å². The Morgan fingerprint density at radius 1 is 1.04 bits per heavy atom. The Morgan fingerprint density at radius 2 is 1.78 bits per heavy atom. The lowest BCUT2D eigenvalue weighted by atomic mass is 10.2. The molecule has 0 saturated carbocycles. The molecule has 2 aromatic carbocycles. The largest absolute Gasteiger partial charge is 0.341 e. The van der Waals surface area contributed by atoms with Crippen LogP contribution in [0, 0.1) is 11.6 Å². The van der Waals surface area contributed by atoms with Crippen LogP contribution in [0.2, 0.25) is 0 Å². The maximum absolute atomic E-state index is 13.6. The number of H-pyrrole nitrogens is 1. The summed E-state index contributed by atoms with van der Waals surface area (Å²) in [7, 11) is 3.62. The number of hydrogen-bond acceptors (Lipinski definition) is 6. The molecule has 0 spiro atoms. The topological polar surface area (TPSA) is 79.6 Å². The van der Waals surface area contributed by atoms with Crippen LogP contribution in [-0.4, -0.2) is 30.3 Å². The number of benzene rings is 2. The molecular weight excluding hydrogens is 352 g/mol. The average molecular weight is 370 g/mol. The predicted molar refractivity (Wildman–Crippen MR) is 100 cm³/mol. The highest BCUT2D eigenvalue weighted by Gasteiger charge is 2.14. The van der Waals surface area contributed by atoms with E-state index < -0.39 is 0 Å². The molecule has 9 heteroatoms. The first-order valence-corrected chi connectivity index (χ1v) is 8.06. The highest BCUT2D eigenvalue weighted by atomic mass is 19.1. The minimum atomic E-state index is -0.377. The number of nitrogens with one attached hydrogen (secondary N) is 3. The molecule has 0 amide bonds. The summed E-state index contributed by atoms with van der Waals surface area (Å²) in [6.07, 6.45) is 1.35. The zero-order valence-corrected chi connectivity index (χ0v) is 14.7. The van der Waals surface area contributed by atoms with Crippen molar-refractivity contribution in [3.8, 4) is 0 Å². The van der Waals surface area contributed by atoms with E-state index in [1.54, 1.807) is 35.2 Å². The van der Waals surface area contributed by atoms with E-state index in [2.05, 4.69) is 30.8 Å². The monoisotopic (exact) mass is 370 g/mol. The molecule has 7 nitrogen and oxygen atoms in total. The molecule has 0 aliphatic rings. The van der Waals surface area contributed by atoms with E-state index in [-0.39, 0.29) is 17.6 Å². The average Bonchev–Trinajstić information content (AvgIpc) is 2.65. The molecule has 0 bridgehead atoms. The number of hydrogen-bond donors (Lipinski definition) is 2. The van der Waals surface area contributed by atoms with Gasteiger partial charge in [-0.15, -0.1) is 0 Å². The first kappa shape index (κ1) is 18.2. The van der Waals surface area contributed by atoms with Crippen molar-refractivity contribution in [1.82, 2.24) is 9.97 Å². The van der Waals surface area contributed by atoms with Crippen molar-refractivity contribution in [3.63, 3.8) is 0 Å². The summed E-state index contributed by atoms with van der Waals surface area (Å²) >= 11 is 0. The lowest BCUT2D eigenvalue weighted by Gasteiger charge is -2.08. The lowest BCUT2D eigenvalue weighted by molar-refractivity contribution is -0.354. The second kappa shape index (κ2) is 8.17. The van der Waals surface area contributed by atoms with Gasteiger partial charge in [0, 0.05) is 19.7 Å². The number of aromatic amines is 1. The SMILES string of the molecule is CN(C)c1nc(N/N=C/c2ccccc2F)nc(Nc2ccc(F)cc2)[nH+]1. The van der Waals surface area contributed by atoms with E-state index >= 15 is 0 Å². The van der Waals surface area contributed by atoms with Crippen molar-refractivity contribution in [2.75, 3.05) is 29.7 Å². The van der Waals surface area contributed by atoms with Gasteiger partial charge >= 0.3 is 17.8 Å². The minimum absolute atomic E-state index is 0.203. The Balaban J connectivity index is 1.80. The van der Waals surface area contributed by atoms with Gasteiger partial charge in [-0.05, 0) is 30.3 Å². The summed E-state index contributed by atoms with van der Waals surface area (Å²) < 4.78 is 26.7. The molecule has 1 aromatic heterocycles. The molecule has 1 heterocycles. The van der Waals surface area contributed by atoms with Crippen LogP contribution < -0.4 is 20.6 Å². The van der Waals surface area contributed by atoms with Crippen LogP contribution in [0.5, 0.6) is 0 Å². The van der Waals surface area contributed by atoms with Crippen LogP contribution >= 0.6 is 0 Å². The molecule has 138 valence electrons. The van der Waals surface area contributed by atoms with Gasteiger partial charge in [0.15, 0.2) is 0 Å². The highest BCUT2D eigenvalue weighted by Crippen LogP contribution is 2.14. The van der Waals surface area contributed by atoms with Gasteiger partial charge in [-0.3, -0.25) is 10.2 Å². The van der Waals surface area contributed by atoms with Crippen LogP contribution in [0.4, 0.5) is 32.3 Å². The number of nitrogens with zero attached hydrogens (tertiary/aromatic N) is 4. The number of anilines is 4. The first-order valence-electron chi connectivity index (χ1n) is 8.06. The molecule has 0 saturated heterocycles. The summed E-state index contributed by atoms with van der Waals surface area (Å²) in [4.78, 5) is 13.3. The maximum Gasteiger partial charge on any atom is 0.341 e. The molecule has 3 N–H and O–H groups in total. The molecule has 0 fully saturated rings.